The summed E-state index contributed by atoms with van der Waals surface area (Å²) in [4.78, 5) is 21.1. The minimum Gasteiger partial charge on any atom is -0.489 e. The lowest BCUT2D eigenvalue weighted by Gasteiger charge is -2.09. The van der Waals surface area contributed by atoms with Gasteiger partial charge in [-0.3, -0.25) is 4.79 Å². The van der Waals surface area contributed by atoms with Crippen molar-refractivity contribution in [2.24, 2.45) is 0 Å². The molecular formula is C22H16ClN3O2. The highest BCUT2D eigenvalue weighted by Crippen LogP contribution is 2.20. The number of anilines is 1. The van der Waals surface area contributed by atoms with Gasteiger partial charge in [0.15, 0.2) is 10.8 Å². The molecule has 0 saturated carbocycles. The van der Waals surface area contributed by atoms with Crippen molar-refractivity contribution in [1.29, 1.82) is 0 Å². The van der Waals surface area contributed by atoms with Crippen LogP contribution in [0, 0.1) is 0 Å². The fourth-order valence-corrected chi connectivity index (χ4v) is 2.91. The molecule has 0 saturated heterocycles. The van der Waals surface area contributed by atoms with E-state index in [2.05, 4.69) is 15.3 Å². The Morgan fingerprint density at radius 3 is 2.21 bits per heavy atom. The number of fused-ring (bicyclic) bond motifs is 1. The number of para-hydroxylation sites is 2. The van der Waals surface area contributed by atoms with E-state index in [9.17, 15) is 4.79 Å². The molecule has 1 aromatic heterocycles. The predicted octanol–water partition coefficient (Wildman–Crippen LogP) is 5.11. The molecule has 1 amide bonds. The summed E-state index contributed by atoms with van der Waals surface area (Å²) in [7, 11) is 0. The van der Waals surface area contributed by atoms with E-state index in [1.165, 1.54) is 0 Å². The summed E-state index contributed by atoms with van der Waals surface area (Å²) in [6, 6.07) is 24.3. The third-order valence-electron chi connectivity index (χ3n) is 4.10. The Hall–Kier alpha value is -3.44. The van der Waals surface area contributed by atoms with Crippen LogP contribution in [0.3, 0.4) is 0 Å². The Morgan fingerprint density at radius 2 is 1.50 bits per heavy atom. The summed E-state index contributed by atoms with van der Waals surface area (Å²) in [5, 5.41) is 2.85. The zero-order valence-corrected chi connectivity index (χ0v) is 15.6. The van der Waals surface area contributed by atoms with E-state index in [1.54, 1.807) is 36.4 Å². The van der Waals surface area contributed by atoms with Gasteiger partial charge in [0.1, 0.15) is 12.4 Å². The Labute approximate surface area is 167 Å². The molecule has 0 radical (unpaired) electrons. The third-order valence-corrected chi connectivity index (χ3v) is 4.37. The SMILES string of the molecule is O=C(Nc1ccc(OCc2ccccc2)cc1)c1nc2ccccc2nc1Cl. The number of amides is 1. The quantitative estimate of drug-likeness (QED) is 0.515. The highest BCUT2D eigenvalue weighted by molar-refractivity contribution is 6.33. The molecule has 0 unspecified atom stereocenters. The number of rotatable bonds is 5. The van der Waals surface area contributed by atoms with E-state index < -0.39 is 5.91 Å². The lowest BCUT2D eigenvalue weighted by atomic mass is 10.2. The number of aromatic nitrogens is 2. The first-order valence-electron chi connectivity index (χ1n) is 8.69. The van der Waals surface area contributed by atoms with Gasteiger partial charge in [0.25, 0.3) is 5.91 Å². The van der Waals surface area contributed by atoms with Crippen molar-refractivity contribution in [3.05, 3.63) is 95.3 Å². The first-order valence-corrected chi connectivity index (χ1v) is 9.07. The normalized spacial score (nSPS) is 10.6. The maximum Gasteiger partial charge on any atom is 0.277 e. The Morgan fingerprint density at radius 1 is 0.857 bits per heavy atom. The number of hydrogen-bond acceptors (Lipinski definition) is 4. The van der Waals surface area contributed by atoms with Gasteiger partial charge >= 0.3 is 0 Å². The van der Waals surface area contributed by atoms with Gasteiger partial charge in [-0.2, -0.15) is 0 Å². The lowest BCUT2D eigenvalue weighted by Crippen LogP contribution is -2.15. The molecule has 0 fully saturated rings. The Kier molecular flexibility index (Phi) is 5.17. The van der Waals surface area contributed by atoms with E-state index in [-0.39, 0.29) is 10.8 Å². The predicted molar refractivity (Wildman–Crippen MR) is 110 cm³/mol. The van der Waals surface area contributed by atoms with Crippen LogP contribution in [0.25, 0.3) is 11.0 Å². The monoisotopic (exact) mass is 389 g/mol. The standard InChI is InChI=1S/C22H16ClN3O2/c23-21-20(25-18-8-4-5-9-19(18)26-21)22(27)24-16-10-12-17(13-11-16)28-14-15-6-2-1-3-7-15/h1-13H,14H2,(H,24,27). The average Bonchev–Trinajstić information content (AvgIpc) is 2.73. The van der Waals surface area contributed by atoms with E-state index >= 15 is 0 Å². The number of halogens is 1. The maximum atomic E-state index is 12.5. The number of carbonyl (C=O) groups excluding carboxylic acids is 1. The molecule has 0 spiro atoms. The van der Waals surface area contributed by atoms with Gasteiger partial charge < -0.3 is 10.1 Å². The van der Waals surface area contributed by atoms with Crippen molar-refractivity contribution in [2.45, 2.75) is 6.61 Å². The van der Waals surface area contributed by atoms with Crippen LogP contribution in [0.5, 0.6) is 5.75 Å². The van der Waals surface area contributed by atoms with Crippen LogP contribution in [-0.4, -0.2) is 15.9 Å². The number of nitrogens with one attached hydrogen (secondary N) is 1. The topological polar surface area (TPSA) is 64.1 Å². The zero-order chi connectivity index (χ0) is 19.3. The molecule has 0 aliphatic heterocycles. The minimum atomic E-state index is -0.416. The summed E-state index contributed by atoms with van der Waals surface area (Å²) >= 11 is 6.13. The van der Waals surface area contributed by atoms with E-state index in [0.717, 1.165) is 5.56 Å². The molecular weight excluding hydrogens is 374 g/mol. The zero-order valence-electron chi connectivity index (χ0n) is 14.8. The molecule has 0 aliphatic carbocycles. The molecule has 0 aliphatic rings. The fraction of sp³-hybridized carbons (Fsp3) is 0.0455. The van der Waals surface area contributed by atoms with Crippen LogP contribution >= 0.6 is 11.6 Å². The smallest absolute Gasteiger partial charge is 0.277 e. The van der Waals surface area contributed by atoms with Crippen molar-refractivity contribution >= 4 is 34.2 Å². The fourth-order valence-electron chi connectivity index (χ4n) is 2.69. The summed E-state index contributed by atoms with van der Waals surface area (Å²) in [5.74, 6) is 0.298. The van der Waals surface area contributed by atoms with Gasteiger partial charge in [0.05, 0.1) is 11.0 Å². The second-order valence-electron chi connectivity index (χ2n) is 6.10. The number of ether oxygens (including phenoxy) is 1. The summed E-state index contributed by atoms with van der Waals surface area (Å²) < 4.78 is 5.75. The average molecular weight is 390 g/mol. The van der Waals surface area contributed by atoms with Crippen molar-refractivity contribution in [1.82, 2.24) is 9.97 Å². The largest absolute Gasteiger partial charge is 0.489 e. The number of hydrogen-bond donors (Lipinski definition) is 1. The molecule has 0 bridgehead atoms. The van der Waals surface area contributed by atoms with E-state index in [4.69, 9.17) is 16.3 Å². The van der Waals surface area contributed by atoms with Gasteiger partial charge in [-0.15, -0.1) is 0 Å². The first kappa shape index (κ1) is 17.9. The van der Waals surface area contributed by atoms with Crippen LogP contribution in [0.1, 0.15) is 16.1 Å². The summed E-state index contributed by atoms with van der Waals surface area (Å²) in [6.07, 6.45) is 0. The first-order chi connectivity index (χ1) is 13.7. The number of carbonyl (C=O) groups is 1. The molecule has 138 valence electrons. The van der Waals surface area contributed by atoms with Crippen LogP contribution in [0.4, 0.5) is 5.69 Å². The third kappa shape index (κ3) is 4.10. The van der Waals surface area contributed by atoms with Crippen molar-refractivity contribution in [3.8, 4) is 5.75 Å². The second-order valence-corrected chi connectivity index (χ2v) is 6.46. The van der Waals surface area contributed by atoms with E-state index in [1.807, 2.05) is 42.5 Å². The summed E-state index contributed by atoms with van der Waals surface area (Å²) in [6.45, 7) is 0.481. The molecule has 6 heteroatoms. The van der Waals surface area contributed by atoms with Gasteiger partial charge in [-0.25, -0.2) is 9.97 Å². The van der Waals surface area contributed by atoms with Crippen LogP contribution in [0.2, 0.25) is 5.15 Å². The van der Waals surface area contributed by atoms with E-state index in [0.29, 0.717) is 29.1 Å². The number of benzene rings is 3. The van der Waals surface area contributed by atoms with Gasteiger partial charge in [0.2, 0.25) is 0 Å². The highest BCUT2D eigenvalue weighted by atomic mass is 35.5. The maximum absolute atomic E-state index is 12.5. The van der Waals surface area contributed by atoms with Gasteiger partial charge in [-0.1, -0.05) is 54.1 Å². The van der Waals surface area contributed by atoms with Crippen LogP contribution in [-0.2, 0) is 6.61 Å². The lowest BCUT2D eigenvalue weighted by molar-refractivity contribution is 0.102. The Balaban J connectivity index is 1.44. The highest BCUT2D eigenvalue weighted by Gasteiger charge is 2.15. The molecule has 4 aromatic rings. The molecule has 5 nitrogen and oxygen atoms in total. The number of nitrogens with zero attached hydrogens (tertiary/aromatic N) is 2. The second kappa shape index (κ2) is 8.06. The summed E-state index contributed by atoms with van der Waals surface area (Å²) in [5.41, 5.74) is 3.04. The molecule has 28 heavy (non-hydrogen) atoms. The molecule has 0 atom stereocenters. The van der Waals surface area contributed by atoms with Crippen molar-refractivity contribution in [2.75, 3.05) is 5.32 Å². The molecule has 1 heterocycles. The molecule has 3 aromatic carbocycles. The minimum absolute atomic E-state index is 0.0685. The van der Waals surface area contributed by atoms with Crippen LogP contribution < -0.4 is 10.1 Å². The van der Waals surface area contributed by atoms with Gasteiger partial charge in [-0.05, 0) is 42.0 Å². The van der Waals surface area contributed by atoms with Crippen molar-refractivity contribution in [3.63, 3.8) is 0 Å². The van der Waals surface area contributed by atoms with Crippen molar-refractivity contribution < 1.29 is 9.53 Å². The van der Waals surface area contributed by atoms with Crippen LogP contribution in [0.15, 0.2) is 78.9 Å². The Bertz CT molecular complexity index is 1120. The molecule has 4 rings (SSSR count). The van der Waals surface area contributed by atoms with Gasteiger partial charge in [0, 0.05) is 5.69 Å². The molecule has 1 N–H and O–H groups in total.